The molecule has 0 saturated heterocycles. The minimum Gasteiger partial charge on any atom is -0.288 e. The predicted molar refractivity (Wildman–Crippen MR) is 64.8 cm³/mol. The molecule has 0 bridgehead atoms. The van der Waals surface area contributed by atoms with Crippen LogP contribution in [0.1, 0.15) is 15.2 Å². The molecule has 0 N–H and O–H groups in total. The number of thiophene rings is 2. The fourth-order valence-electron chi connectivity index (χ4n) is 1.01. The monoisotopic (exact) mass is 306 g/mol. The molecule has 0 saturated carbocycles. The highest BCUT2D eigenvalue weighted by Crippen LogP contribution is 2.27. The lowest BCUT2D eigenvalue weighted by Crippen LogP contribution is -1.95. The van der Waals surface area contributed by atoms with Crippen molar-refractivity contribution in [3.05, 3.63) is 42.1 Å². The van der Waals surface area contributed by atoms with E-state index in [-0.39, 0.29) is 5.78 Å². The molecule has 0 fully saturated rings. The van der Waals surface area contributed by atoms with Crippen LogP contribution in [0.2, 0.25) is 4.34 Å². The van der Waals surface area contributed by atoms with E-state index < -0.39 is 0 Å². The number of carbonyl (C=O) groups excluding carboxylic acids is 1. The summed E-state index contributed by atoms with van der Waals surface area (Å²) in [6.07, 6.45) is 0. The Bertz CT molecular complexity index is 432. The van der Waals surface area contributed by atoms with Gasteiger partial charge >= 0.3 is 0 Å². The summed E-state index contributed by atoms with van der Waals surface area (Å²) in [6.45, 7) is 0. The van der Waals surface area contributed by atoms with Gasteiger partial charge in [0.15, 0.2) is 0 Å². The molecule has 0 amide bonds. The van der Waals surface area contributed by atoms with Crippen LogP contribution in [-0.2, 0) is 0 Å². The Kier molecular flexibility index (Phi) is 3.07. The van der Waals surface area contributed by atoms with Crippen molar-refractivity contribution in [3.63, 3.8) is 0 Å². The van der Waals surface area contributed by atoms with Gasteiger partial charge in [0.25, 0.3) is 0 Å². The van der Waals surface area contributed by atoms with Gasteiger partial charge < -0.3 is 0 Å². The van der Waals surface area contributed by atoms with Gasteiger partial charge in [-0.1, -0.05) is 11.6 Å². The smallest absolute Gasteiger partial charge is 0.203 e. The van der Waals surface area contributed by atoms with Crippen molar-refractivity contribution in [1.82, 2.24) is 0 Å². The van der Waals surface area contributed by atoms with Crippen LogP contribution in [0.4, 0.5) is 0 Å². The number of halogens is 2. The Morgan fingerprint density at radius 1 is 1.43 bits per heavy atom. The van der Waals surface area contributed by atoms with Crippen LogP contribution in [0.25, 0.3) is 0 Å². The van der Waals surface area contributed by atoms with Crippen molar-refractivity contribution in [2.24, 2.45) is 0 Å². The summed E-state index contributed by atoms with van der Waals surface area (Å²) in [5, 5.41) is 1.78. The Morgan fingerprint density at radius 2 is 2.21 bits per heavy atom. The molecule has 0 radical (unpaired) electrons. The molecule has 2 rings (SSSR count). The molecule has 0 unspecified atom stereocenters. The summed E-state index contributed by atoms with van der Waals surface area (Å²) in [7, 11) is 0. The Morgan fingerprint density at radius 3 is 2.71 bits per heavy atom. The maximum Gasteiger partial charge on any atom is 0.203 e. The molecule has 5 heteroatoms. The molecule has 0 atom stereocenters. The normalized spacial score (nSPS) is 10.4. The van der Waals surface area contributed by atoms with Crippen molar-refractivity contribution in [3.8, 4) is 0 Å². The number of carbonyl (C=O) groups is 1. The van der Waals surface area contributed by atoms with Gasteiger partial charge in [-0.2, -0.15) is 0 Å². The maximum atomic E-state index is 11.8. The van der Waals surface area contributed by atoms with Gasteiger partial charge in [0.1, 0.15) is 0 Å². The lowest BCUT2D eigenvalue weighted by molar-refractivity contribution is 0.104. The van der Waals surface area contributed by atoms with Crippen LogP contribution in [-0.4, -0.2) is 5.78 Å². The fourth-order valence-corrected chi connectivity index (χ4v) is 3.22. The highest BCUT2D eigenvalue weighted by molar-refractivity contribution is 9.11. The van der Waals surface area contributed by atoms with Crippen molar-refractivity contribution in [2.45, 2.75) is 0 Å². The number of rotatable bonds is 2. The minimum atomic E-state index is 0.0313. The van der Waals surface area contributed by atoms with Crippen LogP contribution in [0.5, 0.6) is 0 Å². The molecule has 14 heavy (non-hydrogen) atoms. The SMILES string of the molecule is O=C(c1csc(Cl)c1)c1ccc(Br)s1. The van der Waals surface area contributed by atoms with Gasteiger partial charge in [-0.15, -0.1) is 22.7 Å². The van der Waals surface area contributed by atoms with Crippen LogP contribution in [0.15, 0.2) is 27.4 Å². The minimum absolute atomic E-state index is 0.0313. The number of hydrogen-bond acceptors (Lipinski definition) is 3. The summed E-state index contributed by atoms with van der Waals surface area (Å²) in [4.78, 5) is 12.5. The van der Waals surface area contributed by atoms with Gasteiger partial charge in [0.2, 0.25) is 5.78 Å². The zero-order valence-electron chi connectivity index (χ0n) is 6.79. The van der Waals surface area contributed by atoms with Crippen molar-refractivity contribution < 1.29 is 4.79 Å². The summed E-state index contributed by atoms with van der Waals surface area (Å²) < 4.78 is 1.60. The Labute approximate surface area is 102 Å². The van der Waals surface area contributed by atoms with E-state index in [1.807, 2.05) is 12.1 Å². The topological polar surface area (TPSA) is 17.1 Å². The standard InChI is InChI=1S/C9H4BrClOS2/c10-7-2-1-6(14-7)9(12)5-3-8(11)13-4-5/h1-4H. The fraction of sp³-hybridized carbons (Fsp3) is 0. The molecule has 0 aliphatic heterocycles. The first-order chi connectivity index (χ1) is 6.66. The van der Waals surface area contributed by atoms with Gasteiger partial charge in [-0.25, -0.2) is 0 Å². The van der Waals surface area contributed by atoms with E-state index in [1.165, 1.54) is 22.7 Å². The average Bonchev–Trinajstić information content (AvgIpc) is 2.73. The van der Waals surface area contributed by atoms with E-state index in [2.05, 4.69) is 15.9 Å². The summed E-state index contributed by atoms with van der Waals surface area (Å²) in [5.74, 6) is 0.0313. The zero-order valence-corrected chi connectivity index (χ0v) is 10.8. The van der Waals surface area contributed by atoms with E-state index in [0.29, 0.717) is 9.90 Å². The van der Waals surface area contributed by atoms with E-state index in [9.17, 15) is 4.79 Å². The molecule has 2 aromatic heterocycles. The van der Waals surface area contributed by atoms with Gasteiger partial charge in [0, 0.05) is 10.9 Å². The number of hydrogen-bond donors (Lipinski definition) is 0. The molecule has 2 aromatic rings. The molecule has 0 aromatic carbocycles. The predicted octanol–water partition coefficient (Wildman–Crippen LogP) is 4.46. The molecular formula is C9H4BrClOS2. The van der Waals surface area contributed by atoms with Gasteiger partial charge in [0.05, 0.1) is 13.0 Å². The third kappa shape index (κ3) is 2.08. The molecule has 2 heterocycles. The number of ketones is 1. The molecule has 0 spiro atoms. The third-order valence-electron chi connectivity index (χ3n) is 1.63. The van der Waals surface area contributed by atoms with E-state index >= 15 is 0 Å². The molecule has 0 aliphatic rings. The molecule has 1 nitrogen and oxygen atoms in total. The second-order valence-corrected chi connectivity index (χ2v) is 6.58. The quantitative estimate of drug-likeness (QED) is 0.749. The first-order valence-electron chi connectivity index (χ1n) is 3.71. The maximum absolute atomic E-state index is 11.8. The van der Waals surface area contributed by atoms with Crippen molar-refractivity contribution in [1.29, 1.82) is 0 Å². The van der Waals surface area contributed by atoms with E-state index in [1.54, 1.807) is 11.4 Å². The Hall–Kier alpha value is -0.160. The van der Waals surface area contributed by atoms with Crippen LogP contribution in [0.3, 0.4) is 0 Å². The summed E-state index contributed by atoms with van der Waals surface area (Å²) >= 11 is 11.9. The van der Waals surface area contributed by atoms with Crippen LogP contribution in [0, 0.1) is 0 Å². The van der Waals surface area contributed by atoms with Crippen LogP contribution >= 0.6 is 50.2 Å². The van der Waals surface area contributed by atoms with Crippen LogP contribution < -0.4 is 0 Å². The van der Waals surface area contributed by atoms with Gasteiger partial charge in [-0.05, 0) is 34.1 Å². The summed E-state index contributed by atoms with van der Waals surface area (Å²) in [6, 6.07) is 5.37. The van der Waals surface area contributed by atoms with Crippen molar-refractivity contribution in [2.75, 3.05) is 0 Å². The third-order valence-corrected chi connectivity index (χ3v) is 4.34. The first-order valence-corrected chi connectivity index (χ1v) is 6.57. The zero-order chi connectivity index (χ0) is 10.1. The van der Waals surface area contributed by atoms with E-state index in [4.69, 9.17) is 11.6 Å². The lowest BCUT2D eigenvalue weighted by Gasteiger charge is -1.90. The van der Waals surface area contributed by atoms with Gasteiger partial charge in [-0.3, -0.25) is 4.79 Å². The summed E-state index contributed by atoms with van der Waals surface area (Å²) in [5.41, 5.74) is 0.661. The van der Waals surface area contributed by atoms with E-state index in [0.717, 1.165) is 8.66 Å². The molecule has 0 aliphatic carbocycles. The second-order valence-electron chi connectivity index (χ2n) is 2.57. The lowest BCUT2D eigenvalue weighted by atomic mass is 10.2. The highest BCUT2D eigenvalue weighted by Gasteiger charge is 2.12. The largest absolute Gasteiger partial charge is 0.288 e. The molecule has 72 valence electrons. The van der Waals surface area contributed by atoms with Crippen molar-refractivity contribution >= 4 is 56.0 Å². The Balaban J connectivity index is 2.33. The highest BCUT2D eigenvalue weighted by atomic mass is 79.9. The first kappa shape index (κ1) is 10.4. The second kappa shape index (κ2) is 4.14. The molecular weight excluding hydrogens is 304 g/mol. The average molecular weight is 308 g/mol.